The van der Waals surface area contributed by atoms with Gasteiger partial charge < -0.3 is 39.4 Å². The number of ether oxygens (including phenoxy) is 5. The van der Waals surface area contributed by atoms with Gasteiger partial charge in [-0.05, 0) is 163 Å². The van der Waals surface area contributed by atoms with Crippen molar-refractivity contribution in [3.8, 4) is 11.5 Å². The molecule has 434 valence electrons. The van der Waals surface area contributed by atoms with Crippen LogP contribution in [0.25, 0.3) is 0 Å². The molecular weight excluding hydrogens is 993 g/mol. The van der Waals surface area contributed by atoms with Crippen LogP contribution in [0.4, 0.5) is 4.79 Å². The number of carbonyl (C=O) groups is 4. The van der Waals surface area contributed by atoms with Crippen LogP contribution in [0, 0.1) is 46.3 Å². The minimum Gasteiger partial charge on any atom is -0.497 e. The van der Waals surface area contributed by atoms with Crippen LogP contribution < -0.4 is 20.1 Å². The fraction of sp³-hybridized carbons (Fsp3) is 0.642. The zero-order valence-corrected chi connectivity index (χ0v) is 49.2. The standard InChI is InChI=1S/C67H96N2O10/c1-9-10-26-59(69-64(74)79-60-45-54-56-36-35-55(47(4)21-19-20-46(2)3)66(56,6)42-39-57(54)65(5)41-17-16-25-58(60)65)63(73)68-43-18-12-15-24-53(78-62(72)38-37-61(70)71)40-44-77-67(48-22-13-11-14-23-48,49-27-31-51(75-7)32-28-49)50-29-33-52(76-8)34-30-50/h11,13-14,22-23,27-34,46-47,53-57,59H,9-10,12,15-21,24-26,35-45H2,1-8H3,(H,68,73)(H,69,74)(H,70,71)/t47-,53?,54?,55-,56?,57?,59?,65-,66-/m1/s1. The van der Waals surface area contributed by atoms with E-state index in [1.165, 1.54) is 56.9 Å². The third kappa shape index (κ3) is 15.2. The number of unbranched alkanes of at least 4 members (excludes halogenated alkanes) is 3. The summed E-state index contributed by atoms with van der Waals surface area (Å²) in [5, 5.41) is 15.5. The van der Waals surface area contributed by atoms with Crippen molar-refractivity contribution in [1.82, 2.24) is 10.6 Å². The number of carboxylic acids is 1. The summed E-state index contributed by atoms with van der Waals surface area (Å²) in [5.41, 5.74) is 3.31. The summed E-state index contributed by atoms with van der Waals surface area (Å²) in [7, 11) is 3.26. The van der Waals surface area contributed by atoms with Crippen LogP contribution >= 0.6 is 0 Å². The highest BCUT2D eigenvalue weighted by atomic mass is 16.6. The van der Waals surface area contributed by atoms with Gasteiger partial charge in [0.1, 0.15) is 35.0 Å². The molecule has 0 spiro atoms. The molecule has 79 heavy (non-hydrogen) atoms. The molecule has 0 aromatic heterocycles. The first-order valence-electron chi connectivity index (χ1n) is 30.4. The molecule has 0 saturated heterocycles. The lowest BCUT2D eigenvalue weighted by Crippen LogP contribution is -2.51. The summed E-state index contributed by atoms with van der Waals surface area (Å²) < 4.78 is 30.6. The number of amides is 2. The first-order chi connectivity index (χ1) is 38.1. The van der Waals surface area contributed by atoms with Crippen LogP contribution in [0.15, 0.2) is 90.2 Å². The van der Waals surface area contributed by atoms with Crippen molar-refractivity contribution in [3.05, 3.63) is 107 Å². The van der Waals surface area contributed by atoms with Gasteiger partial charge in [0.25, 0.3) is 0 Å². The smallest absolute Gasteiger partial charge is 0.412 e. The van der Waals surface area contributed by atoms with E-state index in [2.05, 4.69) is 52.2 Å². The molecular formula is C67H96N2O10. The zero-order valence-electron chi connectivity index (χ0n) is 49.2. The molecule has 0 aliphatic heterocycles. The highest BCUT2D eigenvalue weighted by Gasteiger charge is 2.60. The summed E-state index contributed by atoms with van der Waals surface area (Å²) in [6, 6.07) is 24.9. The van der Waals surface area contributed by atoms with Gasteiger partial charge in [0.2, 0.25) is 5.91 Å². The minimum absolute atomic E-state index is 0.0395. The van der Waals surface area contributed by atoms with E-state index in [0.29, 0.717) is 73.3 Å². The second-order valence-corrected chi connectivity index (χ2v) is 24.7. The Bertz CT molecular complexity index is 2410. The first kappa shape index (κ1) is 61.3. The molecule has 4 aliphatic rings. The van der Waals surface area contributed by atoms with Crippen LogP contribution in [-0.4, -0.2) is 68.6 Å². The number of nitrogens with one attached hydrogen (secondary N) is 2. The molecule has 0 heterocycles. The summed E-state index contributed by atoms with van der Waals surface area (Å²) in [4.78, 5) is 52.5. The zero-order chi connectivity index (χ0) is 56.6. The Kier molecular flexibility index (Phi) is 22.4. The number of esters is 1. The molecule has 2 amide bonds. The fourth-order valence-corrected chi connectivity index (χ4v) is 15.0. The number of benzene rings is 3. The van der Waals surface area contributed by atoms with Gasteiger partial charge in [0.05, 0.1) is 33.7 Å². The van der Waals surface area contributed by atoms with E-state index in [4.69, 9.17) is 23.7 Å². The average molecular weight is 1090 g/mol. The number of fused-ring (bicyclic) bond motifs is 5. The maximum absolute atomic E-state index is 14.1. The Labute approximate surface area is 473 Å². The minimum atomic E-state index is -1.07. The van der Waals surface area contributed by atoms with Gasteiger partial charge in [-0.25, -0.2) is 4.79 Å². The molecule has 9 atom stereocenters. The number of allylic oxidation sites excluding steroid dienone is 2. The Balaban J connectivity index is 0.962. The van der Waals surface area contributed by atoms with Crippen LogP contribution in [0.5, 0.6) is 11.5 Å². The van der Waals surface area contributed by atoms with E-state index >= 15 is 0 Å². The highest BCUT2D eigenvalue weighted by molar-refractivity contribution is 5.85. The van der Waals surface area contributed by atoms with Crippen molar-refractivity contribution in [2.24, 2.45) is 46.3 Å². The van der Waals surface area contributed by atoms with Gasteiger partial charge in [-0.2, -0.15) is 0 Å². The molecule has 7 rings (SSSR count). The molecule has 3 fully saturated rings. The van der Waals surface area contributed by atoms with Gasteiger partial charge in [-0.15, -0.1) is 0 Å². The van der Waals surface area contributed by atoms with Gasteiger partial charge >= 0.3 is 18.0 Å². The maximum Gasteiger partial charge on any atom is 0.412 e. The molecule has 12 heteroatoms. The molecule has 3 saturated carbocycles. The summed E-state index contributed by atoms with van der Waals surface area (Å²) >= 11 is 0. The third-order valence-corrected chi connectivity index (χ3v) is 19.2. The Morgan fingerprint density at radius 1 is 0.722 bits per heavy atom. The van der Waals surface area contributed by atoms with E-state index in [9.17, 15) is 24.3 Å². The second kappa shape index (κ2) is 28.9. The number of carboxylic acid groups (broad SMARTS) is 1. The van der Waals surface area contributed by atoms with Crippen molar-refractivity contribution < 1.29 is 48.0 Å². The lowest BCUT2D eigenvalue weighted by molar-refractivity contribution is -0.153. The quantitative estimate of drug-likeness (QED) is 0.0333. The normalized spacial score (nSPS) is 23.8. The molecule has 5 unspecified atom stereocenters. The molecule has 3 aromatic carbocycles. The van der Waals surface area contributed by atoms with Gasteiger partial charge in [0, 0.05) is 19.4 Å². The lowest BCUT2D eigenvalue weighted by atomic mass is 9.46. The molecule has 4 aliphatic carbocycles. The van der Waals surface area contributed by atoms with E-state index < -0.39 is 35.8 Å². The van der Waals surface area contributed by atoms with Gasteiger partial charge in [0.15, 0.2) is 0 Å². The van der Waals surface area contributed by atoms with Crippen LogP contribution in [-0.2, 0) is 34.2 Å². The number of aliphatic carboxylic acids is 1. The highest BCUT2D eigenvalue weighted by Crippen LogP contribution is 2.68. The summed E-state index contributed by atoms with van der Waals surface area (Å²) in [6.45, 7) is 15.0. The number of hydrogen-bond donors (Lipinski definition) is 3. The molecule has 3 N–H and O–H groups in total. The molecule has 0 bridgehead atoms. The van der Waals surface area contributed by atoms with Crippen LogP contribution in [0.2, 0.25) is 0 Å². The third-order valence-electron chi connectivity index (χ3n) is 19.2. The fourth-order valence-electron chi connectivity index (χ4n) is 15.0. The number of alkyl carbamates (subject to hydrolysis) is 1. The van der Waals surface area contributed by atoms with Gasteiger partial charge in [-0.1, -0.05) is 141 Å². The Morgan fingerprint density at radius 2 is 1.41 bits per heavy atom. The molecule has 12 nitrogen and oxygen atoms in total. The number of hydrogen-bond acceptors (Lipinski definition) is 9. The van der Waals surface area contributed by atoms with E-state index in [1.54, 1.807) is 14.2 Å². The van der Waals surface area contributed by atoms with Crippen molar-refractivity contribution in [2.75, 3.05) is 27.4 Å². The van der Waals surface area contributed by atoms with Crippen molar-refractivity contribution >= 4 is 23.9 Å². The first-order valence-corrected chi connectivity index (χ1v) is 30.4. The van der Waals surface area contributed by atoms with E-state index in [1.807, 2.05) is 78.9 Å². The summed E-state index contributed by atoms with van der Waals surface area (Å²) in [5.74, 6) is 4.42. The SMILES string of the molecule is CCCCC(NC(=O)OC1=C2CCCC[C@]2(C)C2CC[C@@]3(C)C(CC[C@@H]3[C@H](C)CCCC(C)C)C2C1)C(=O)NCCCCCC(CCOC(c1ccccc1)(c1ccc(OC)cc1)c1ccc(OC)cc1)OC(=O)CCC(=O)O. The Hall–Kier alpha value is -5.36. The average Bonchev–Trinajstić information content (AvgIpc) is 3.92. The van der Waals surface area contributed by atoms with Crippen molar-refractivity contribution in [2.45, 2.75) is 201 Å². The van der Waals surface area contributed by atoms with Crippen molar-refractivity contribution in [1.29, 1.82) is 0 Å². The van der Waals surface area contributed by atoms with Crippen molar-refractivity contribution in [3.63, 3.8) is 0 Å². The maximum atomic E-state index is 14.1. The predicted molar refractivity (Wildman–Crippen MR) is 311 cm³/mol. The number of rotatable bonds is 30. The summed E-state index contributed by atoms with van der Waals surface area (Å²) in [6.07, 6.45) is 17.9. The lowest BCUT2D eigenvalue weighted by Gasteiger charge is -2.58. The van der Waals surface area contributed by atoms with Gasteiger partial charge in [-0.3, -0.25) is 14.4 Å². The number of methoxy groups -OCH3 is 2. The predicted octanol–water partition coefficient (Wildman–Crippen LogP) is 14.9. The Morgan fingerprint density at radius 3 is 2.05 bits per heavy atom. The van der Waals surface area contributed by atoms with E-state index in [0.717, 1.165) is 85.1 Å². The number of carbonyl (C=O) groups excluding carboxylic acids is 3. The molecule has 3 aromatic rings. The van der Waals surface area contributed by atoms with E-state index in [-0.39, 0.29) is 30.8 Å². The second-order valence-electron chi connectivity index (χ2n) is 24.7. The van der Waals surface area contributed by atoms with Crippen LogP contribution in [0.3, 0.4) is 0 Å². The largest absolute Gasteiger partial charge is 0.497 e. The topological polar surface area (TPSA) is 159 Å². The molecule has 0 radical (unpaired) electrons. The van der Waals surface area contributed by atoms with Crippen LogP contribution in [0.1, 0.15) is 199 Å². The monoisotopic (exact) mass is 1090 g/mol.